The van der Waals surface area contributed by atoms with E-state index < -0.39 is 6.09 Å². The maximum atomic E-state index is 11.1. The zero-order valence-electron chi connectivity index (χ0n) is 11.1. The second-order valence-electron chi connectivity index (χ2n) is 3.90. The minimum Gasteiger partial charge on any atom is -0.449 e. The normalized spacial score (nSPS) is 10.0. The van der Waals surface area contributed by atoms with E-state index in [0.29, 0.717) is 21.6 Å². The SMILES string of the molecule is CCOC(=O)NNc1ccc(-c2ccc(Cl)c(Cl)c2)nn1. The summed E-state index contributed by atoms with van der Waals surface area (Å²) in [5.74, 6) is 0.381. The van der Waals surface area contributed by atoms with Crippen molar-refractivity contribution in [3.8, 4) is 11.3 Å². The van der Waals surface area contributed by atoms with Crippen LogP contribution in [0.5, 0.6) is 0 Å². The third-order valence-electron chi connectivity index (χ3n) is 2.45. The minimum atomic E-state index is -0.590. The first kappa shape index (κ1) is 15.3. The molecule has 1 heterocycles. The Morgan fingerprint density at radius 1 is 1.19 bits per heavy atom. The number of anilines is 1. The fourth-order valence-electron chi connectivity index (χ4n) is 1.49. The predicted octanol–water partition coefficient (Wildman–Crippen LogP) is 3.52. The monoisotopic (exact) mass is 326 g/mol. The molecule has 8 heteroatoms. The van der Waals surface area contributed by atoms with E-state index in [-0.39, 0.29) is 6.61 Å². The first-order chi connectivity index (χ1) is 10.1. The van der Waals surface area contributed by atoms with Crippen LogP contribution in [-0.2, 0) is 4.74 Å². The Balaban J connectivity index is 2.04. The zero-order chi connectivity index (χ0) is 15.2. The van der Waals surface area contributed by atoms with Gasteiger partial charge in [-0.05, 0) is 31.2 Å². The van der Waals surface area contributed by atoms with Crippen LogP contribution >= 0.6 is 23.2 Å². The van der Waals surface area contributed by atoms with Gasteiger partial charge in [0.25, 0.3) is 0 Å². The maximum Gasteiger partial charge on any atom is 0.425 e. The average molecular weight is 327 g/mol. The summed E-state index contributed by atoms with van der Waals surface area (Å²) in [6.45, 7) is 2.00. The third-order valence-corrected chi connectivity index (χ3v) is 3.19. The van der Waals surface area contributed by atoms with Crippen molar-refractivity contribution in [3.05, 3.63) is 40.4 Å². The lowest BCUT2D eigenvalue weighted by Crippen LogP contribution is -2.30. The van der Waals surface area contributed by atoms with Crippen LogP contribution in [0.25, 0.3) is 11.3 Å². The lowest BCUT2D eigenvalue weighted by Gasteiger charge is -2.07. The molecule has 0 bridgehead atoms. The number of hydrogen-bond acceptors (Lipinski definition) is 5. The van der Waals surface area contributed by atoms with Crippen molar-refractivity contribution in [1.82, 2.24) is 15.6 Å². The Labute approximate surface area is 131 Å². The summed E-state index contributed by atoms with van der Waals surface area (Å²) < 4.78 is 4.69. The van der Waals surface area contributed by atoms with Crippen LogP contribution in [0.3, 0.4) is 0 Å². The molecule has 1 amide bonds. The molecule has 6 nitrogen and oxygen atoms in total. The van der Waals surface area contributed by atoms with E-state index in [9.17, 15) is 4.79 Å². The molecule has 0 radical (unpaired) electrons. The van der Waals surface area contributed by atoms with Gasteiger partial charge in [0, 0.05) is 5.56 Å². The summed E-state index contributed by atoms with van der Waals surface area (Å²) in [7, 11) is 0. The number of halogens is 2. The van der Waals surface area contributed by atoms with Crippen LogP contribution < -0.4 is 10.9 Å². The van der Waals surface area contributed by atoms with E-state index in [1.165, 1.54) is 0 Å². The highest BCUT2D eigenvalue weighted by Crippen LogP contribution is 2.27. The molecule has 110 valence electrons. The molecule has 0 aliphatic rings. The molecule has 2 rings (SSSR count). The molecule has 2 aromatic rings. The van der Waals surface area contributed by atoms with E-state index >= 15 is 0 Å². The number of nitrogens with zero attached hydrogens (tertiary/aromatic N) is 2. The summed E-state index contributed by atoms with van der Waals surface area (Å²) in [6.07, 6.45) is -0.590. The highest BCUT2D eigenvalue weighted by atomic mass is 35.5. The largest absolute Gasteiger partial charge is 0.449 e. The zero-order valence-corrected chi connectivity index (χ0v) is 12.6. The summed E-state index contributed by atoms with van der Waals surface area (Å²) in [5.41, 5.74) is 6.33. The molecular weight excluding hydrogens is 315 g/mol. The molecule has 1 aromatic carbocycles. The van der Waals surface area contributed by atoms with E-state index in [4.69, 9.17) is 27.9 Å². The number of ether oxygens (including phenoxy) is 1. The smallest absolute Gasteiger partial charge is 0.425 e. The molecule has 1 aromatic heterocycles. The first-order valence-corrected chi connectivity index (χ1v) is 6.83. The van der Waals surface area contributed by atoms with E-state index in [1.54, 1.807) is 37.3 Å². The topological polar surface area (TPSA) is 76.1 Å². The van der Waals surface area contributed by atoms with Crippen molar-refractivity contribution in [2.75, 3.05) is 12.0 Å². The van der Waals surface area contributed by atoms with Crippen molar-refractivity contribution in [2.45, 2.75) is 6.92 Å². The fraction of sp³-hybridized carbons (Fsp3) is 0.154. The van der Waals surface area contributed by atoms with Gasteiger partial charge in [-0.1, -0.05) is 29.3 Å². The highest BCUT2D eigenvalue weighted by molar-refractivity contribution is 6.42. The van der Waals surface area contributed by atoms with Gasteiger partial charge in [0.05, 0.1) is 22.3 Å². The Kier molecular flexibility index (Phi) is 5.19. The van der Waals surface area contributed by atoms with Crippen LogP contribution in [0.4, 0.5) is 10.6 Å². The van der Waals surface area contributed by atoms with E-state index in [0.717, 1.165) is 5.56 Å². The Hall–Kier alpha value is -2.05. The number of carbonyl (C=O) groups is 1. The standard InChI is InChI=1S/C13H12Cl2N4O2/c1-2-21-13(20)19-18-12-6-5-11(16-17-12)8-3-4-9(14)10(15)7-8/h3-7H,2H2,1H3,(H,17,18)(H,19,20). The average Bonchev–Trinajstić information content (AvgIpc) is 2.49. The van der Waals surface area contributed by atoms with Crippen LogP contribution in [0.2, 0.25) is 10.0 Å². The van der Waals surface area contributed by atoms with Crippen molar-refractivity contribution < 1.29 is 9.53 Å². The van der Waals surface area contributed by atoms with Crippen LogP contribution in [0.1, 0.15) is 6.92 Å². The van der Waals surface area contributed by atoms with E-state index in [2.05, 4.69) is 21.0 Å². The molecule has 0 saturated heterocycles. The van der Waals surface area contributed by atoms with Crippen molar-refractivity contribution >= 4 is 35.1 Å². The quantitative estimate of drug-likeness (QED) is 0.840. The number of hydrogen-bond donors (Lipinski definition) is 2. The lowest BCUT2D eigenvalue weighted by molar-refractivity contribution is 0.154. The van der Waals surface area contributed by atoms with Gasteiger partial charge in [-0.15, -0.1) is 10.2 Å². The van der Waals surface area contributed by atoms with Crippen LogP contribution in [-0.4, -0.2) is 22.9 Å². The third kappa shape index (κ3) is 4.21. The Morgan fingerprint density at radius 3 is 2.62 bits per heavy atom. The van der Waals surface area contributed by atoms with Crippen molar-refractivity contribution in [3.63, 3.8) is 0 Å². The number of benzene rings is 1. The summed E-state index contributed by atoms with van der Waals surface area (Å²) >= 11 is 11.8. The molecule has 0 aliphatic carbocycles. The number of amides is 1. The molecule has 0 unspecified atom stereocenters. The molecule has 21 heavy (non-hydrogen) atoms. The second kappa shape index (κ2) is 7.10. The van der Waals surface area contributed by atoms with Gasteiger partial charge >= 0.3 is 6.09 Å². The fourth-order valence-corrected chi connectivity index (χ4v) is 1.79. The van der Waals surface area contributed by atoms with Gasteiger partial charge in [-0.3, -0.25) is 5.43 Å². The molecule has 0 fully saturated rings. The lowest BCUT2D eigenvalue weighted by atomic mass is 10.1. The van der Waals surface area contributed by atoms with Gasteiger partial charge < -0.3 is 4.74 Å². The van der Waals surface area contributed by atoms with Gasteiger partial charge in [0.1, 0.15) is 0 Å². The van der Waals surface area contributed by atoms with Gasteiger partial charge in [-0.25, -0.2) is 10.2 Å². The molecule has 0 atom stereocenters. The van der Waals surface area contributed by atoms with Gasteiger partial charge in [0.15, 0.2) is 5.82 Å². The first-order valence-electron chi connectivity index (χ1n) is 6.08. The number of aromatic nitrogens is 2. The van der Waals surface area contributed by atoms with Crippen molar-refractivity contribution in [2.24, 2.45) is 0 Å². The molecular formula is C13H12Cl2N4O2. The molecule has 2 N–H and O–H groups in total. The summed E-state index contributed by atoms with van der Waals surface area (Å²) in [6, 6.07) is 8.59. The number of carbonyl (C=O) groups excluding carboxylic acids is 1. The van der Waals surface area contributed by atoms with Crippen LogP contribution in [0.15, 0.2) is 30.3 Å². The Bertz CT molecular complexity index is 635. The van der Waals surface area contributed by atoms with Gasteiger partial charge in [0.2, 0.25) is 0 Å². The van der Waals surface area contributed by atoms with Crippen LogP contribution in [0, 0.1) is 0 Å². The summed E-state index contributed by atoms with van der Waals surface area (Å²) in [5, 5.41) is 8.89. The maximum absolute atomic E-state index is 11.1. The van der Waals surface area contributed by atoms with E-state index in [1.807, 2.05) is 0 Å². The molecule has 0 saturated carbocycles. The van der Waals surface area contributed by atoms with Crippen molar-refractivity contribution in [1.29, 1.82) is 0 Å². The minimum absolute atomic E-state index is 0.287. The second-order valence-corrected chi connectivity index (χ2v) is 4.72. The number of hydrazine groups is 1. The number of rotatable bonds is 4. The highest BCUT2D eigenvalue weighted by Gasteiger charge is 2.05. The molecule has 0 spiro atoms. The molecule has 0 aliphatic heterocycles. The number of nitrogens with one attached hydrogen (secondary N) is 2. The summed E-state index contributed by atoms with van der Waals surface area (Å²) in [4.78, 5) is 11.1. The predicted molar refractivity (Wildman–Crippen MR) is 81.3 cm³/mol. The van der Waals surface area contributed by atoms with Gasteiger partial charge in [-0.2, -0.15) is 0 Å². The Morgan fingerprint density at radius 2 is 2.00 bits per heavy atom.